The summed E-state index contributed by atoms with van der Waals surface area (Å²) in [4.78, 5) is 12.9. The van der Waals surface area contributed by atoms with Crippen LogP contribution in [0.1, 0.15) is 10.4 Å². The molecule has 3 aromatic carbocycles. The van der Waals surface area contributed by atoms with Crippen molar-refractivity contribution >= 4 is 23.2 Å². The number of nitrogens with one attached hydrogen (secondary N) is 1. The Balaban J connectivity index is 1.79. The van der Waals surface area contributed by atoms with E-state index in [4.69, 9.17) is 11.6 Å². The van der Waals surface area contributed by atoms with E-state index in [1.54, 1.807) is 41.2 Å². The zero-order chi connectivity index (χ0) is 19.5. The monoisotopic (exact) mass is 391 g/mol. The van der Waals surface area contributed by atoms with Gasteiger partial charge in [0.15, 0.2) is 0 Å². The van der Waals surface area contributed by atoms with Crippen LogP contribution in [0, 0.1) is 5.82 Å². The van der Waals surface area contributed by atoms with Gasteiger partial charge in [-0.15, -0.1) is 0 Å². The fourth-order valence-corrected chi connectivity index (χ4v) is 3.04. The molecule has 1 amide bonds. The molecule has 1 aromatic heterocycles. The van der Waals surface area contributed by atoms with Crippen molar-refractivity contribution in [2.75, 3.05) is 5.32 Å². The molecule has 0 fully saturated rings. The summed E-state index contributed by atoms with van der Waals surface area (Å²) in [6, 6.07) is 22.6. The van der Waals surface area contributed by atoms with Crippen molar-refractivity contribution in [2.24, 2.45) is 0 Å². The second-order valence-electron chi connectivity index (χ2n) is 6.12. The average Bonchev–Trinajstić information content (AvgIpc) is 3.16. The van der Waals surface area contributed by atoms with Crippen molar-refractivity contribution < 1.29 is 9.18 Å². The molecule has 4 nitrogen and oxygen atoms in total. The summed E-state index contributed by atoms with van der Waals surface area (Å²) in [6.45, 7) is 0. The van der Waals surface area contributed by atoms with Crippen LogP contribution in [-0.2, 0) is 0 Å². The highest BCUT2D eigenvalue weighted by molar-refractivity contribution is 6.30. The summed E-state index contributed by atoms with van der Waals surface area (Å²) in [5.74, 6) is -0.960. The van der Waals surface area contributed by atoms with E-state index in [9.17, 15) is 9.18 Å². The maximum atomic E-state index is 14.0. The minimum atomic E-state index is -0.504. The Labute approximate surface area is 166 Å². The molecule has 4 rings (SSSR count). The molecule has 1 N–H and O–H groups in total. The predicted octanol–water partition coefficient (Wildman–Crippen LogP) is 5.58. The zero-order valence-electron chi connectivity index (χ0n) is 14.6. The quantitative estimate of drug-likeness (QED) is 0.493. The second kappa shape index (κ2) is 7.66. The maximum Gasteiger partial charge on any atom is 0.259 e. The molecule has 28 heavy (non-hydrogen) atoms. The SMILES string of the molecule is O=C(Nc1ccccc1F)c1cn(-c2ccccc2)nc1-c1cccc(Cl)c1. The topological polar surface area (TPSA) is 46.9 Å². The molecule has 0 unspecified atom stereocenters. The van der Waals surface area contributed by atoms with E-state index in [1.807, 2.05) is 36.4 Å². The number of hydrogen-bond donors (Lipinski definition) is 1. The Morgan fingerprint density at radius 2 is 1.71 bits per heavy atom. The first-order chi connectivity index (χ1) is 13.6. The fourth-order valence-electron chi connectivity index (χ4n) is 2.85. The van der Waals surface area contributed by atoms with Gasteiger partial charge in [-0.05, 0) is 36.4 Å². The number of carbonyl (C=O) groups excluding carboxylic acids is 1. The van der Waals surface area contributed by atoms with E-state index in [2.05, 4.69) is 10.4 Å². The molecule has 1 heterocycles. The summed E-state index contributed by atoms with van der Waals surface area (Å²) >= 11 is 6.12. The first-order valence-electron chi connectivity index (χ1n) is 8.59. The summed E-state index contributed by atoms with van der Waals surface area (Å²) < 4.78 is 15.6. The lowest BCUT2D eigenvalue weighted by Gasteiger charge is -2.06. The van der Waals surface area contributed by atoms with Gasteiger partial charge in [-0.2, -0.15) is 5.10 Å². The molecular formula is C22H15ClFN3O. The van der Waals surface area contributed by atoms with Crippen LogP contribution >= 0.6 is 11.6 Å². The van der Waals surface area contributed by atoms with Gasteiger partial charge in [0.1, 0.15) is 11.5 Å². The number of rotatable bonds is 4. The summed E-state index contributed by atoms with van der Waals surface area (Å²) in [7, 11) is 0. The number of hydrogen-bond acceptors (Lipinski definition) is 2. The highest BCUT2D eigenvalue weighted by Crippen LogP contribution is 2.27. The predicted molar refractivity (Wildman–Crippen MR) is 108 cm³/mol. The first kappa shape index (κ1) is 17.9. The van der Waals surface area contributed by atoms with Gasteiger partial charge in [0, 0.05) is 16.8 Å². The first-order valence-corrected chi connectivity index (χ1v) is 8.96. The van der Waals surface area contributed by atoms with Gasteiger partial charge in [0.2, 0.25) is 0 Å². The average molecular weight is 392 g/mol. The third kappa shape index (κ3) is 3.66. The van der Waals surface area contributed by atoms with Crippen molar-refractivity contribution in [1.82, 2.24) is 9.78 Å². The molecule has 0 aliphatic carbocycles. The Kier molecular flexibility index (Phi) is 4.91. The van der Waals surface area contributed by atoms with Crippen LogP contribution in [-0.4, -0.2) is 15.7 Å². The number of para-hydroxylation sites is 2. The molecule has 0 atom stereocenters. The van der Waals surface area contributed by atoms with E-state index in [0.29, 0.717) is 21.8 Å². The van der Waals surface area contributed by atoms with Gasteiger partial charge in [-0.3, -0.25) is 4.79 Å². The lowest BCUT2D eigenvalue weighted by Crippen LogP contribution is -2.13. The molecular weight excluding hydrogens is 377 g/mol. The number of aromatic nitrogens is 2. The number of nitrogens with zero attached hydrogens (tertiary/aromatic N) is 2. The fraction of sp³-hybridized carbons (Fsp3) is 0. The smallest absolute Gasteiger partial charge is 0.259 e. The van der Waals surface area contributed by atoms with Gasteiger partial charge in [-0.25, -0.2) is 9.07 Å². The van der Waals surface area contributed by atoms with E-state index < -0.39 is 11.7 Å². The third-order valence-corrected chi connectivity index (χ3v) is 4.43. The molecule has 138 valence electrons. The molecule has 4 aromatic rings. The van der Waals surface area contributed by atoms with Crippen LogP contribution in [0.15, 0.2) is 85.1 Å². The van der Waals surface area contributed by atoms with Crippen molar-refractivity contribution in [3.63, 3.8) is 0 Å². The van der Waals surface area contributed by atoms with Crippen molar-refractivity contribution in [2.45, 2.75) is 0 Å². The minimum Gasteiger partial charge on any atom is -0.319 e. The molecule has 0 aliphatic heterocycles. The Hall–Kier alpha value is -3.44. The summed E-state index contributed by atoms with van der Waals surface area (Å²) in [5.41, 5.74) is 2.38. The third-order valence-electron chi connectivity index (χ3n) is 4.20. The van der Waals surface area contributed by atoms with Crippen LogP contribution in [0.4, 0.5) is 10.1 Å². The van der Waals surface area contributed by atoms with Gasteiger partial charge in [0.05, 0.1) is 16.9 Å². The molecule has 0 aliphatic rings. The van der Waals surface area contributed by atoms with Gasteiger partial charge in [0.25, 0.3) is 5.91 Å². The van der Waals surface area contributed by atoms with E-state index in [0.717, 1.165) is 5.69 Å². The van der Waals surface area contributed by atoms with Gasteiger partial charge < -0.3 is 5.32 Å². The number of anilines is 1. The van der Waals surface area contributed by atoms with Crippen LogP contribution in [0.5, 0.6) is 0 Å². The van der Waals surface area contributed by atoms with E-state index >= 15 is 0 Å². The van der Waals surface area contributed by atoms with Crippen LogP contribution in [0.2, 0.25) is 5.02 Å². The summed E-state index contributed by atoms with van der Waals surface area (Å²) in [5, 5.41) is 7.73. The van der Waals surface area contributed by atoms with Gasteiger partial charge >= 0.3 is 0 Å². The second-order valence-corrected chi connectivity index (χ2v) is 6.55. The zero-order valence-corrected chi connectivity index (χ0v) is 15.4. The molecule has 0 radical (unpaired) electrons. The summed E-state index contributed by atoms with van der Waals surface area (Å²) in [6.07, 6.45) is 1.63. The van der Waals surface area contributed by atoms with E-state index in [1.165, 1.54) is 12.1 Å². The molecule has 6 heteroatoms. The number of halogens is 2. The van der Waals surface area contributed by atoms with Crippen molar-refractivity contribution in [3.8, 4) is 16.9 Å². The van der Waals surface area contributed by atoms with E-state index in [-0.39, 0.29) is 5.69 Å². The normalized spacial score (nSPS) is 10.6. The highest BCUT2D eigenvalue weighted by Gasteiger charge is 2.20. The Bertz CT molecular complexity index is 1140. The molecule has 0 bridgehead atoms. The van der Waals surface area contributed by atoms with Crippen molar-refractivity contribution in [1.29, 1.82) is 0 Å². The Morgan fingerprint density at radius 3 is 2.46 bits per heavy atom. The Morgan fingerprint density at radius 1 is 0.964 bits per heavy atom. The lowest BCUT2D eigenvalue weighted by molar-refractivity contribution is 0.102. The maximum absolute atomic E-state index is 14.0. The highest BCUT2D eigenvalue weighted by atomic mass is 35.5. The minimum absolute atomic E-state index is 0.108. The largest absolute Gasteiger partial charge is 0.319 e. The number of benzene rings is 3. The van der Waals surface area contributed by atoms with Crippen LogP contribution in [0.25, 0.3) is 16.9 Å². The lowest BCUT2D eigenvalue weighted by atomic mass is 10.1. The molecule has 0 saturated heterocycles. The standard InChI is InChI=1S/C22H15ClFN3O/c23-16-8-6-7-15(13-16)21-18(14-27(26-21)17-9-2-1-3-10-17)22(28)25-20-12-5-4-11-19(20)24/h1-14H,(H,25,28). The van der Waals surface area contributed by atoms with Crippen LogP contribution < -0.4 is 5.32 Å². The van der Waals surface area contributed by atoms with Crippen LogP contribution in [0.3, 0.4) is 0 Å². The molecule has 0 saturated carbocycles. The number of amides is 1. The number of carbonyl (C=O) groups is 1. The molecule has 0 spiro atoms. The van der Waals surface area contributed by atoms with Gasteiger partial charge in [-0.1, -0.05) is 54.1 Å². The van der Waals surface area contributed by atoms with Crippen molar-refractivity contribution in [3.05, 3.63) is 101 Å².